The molecule has 0 heterocycles. The lowest BCUT2D eigenvalue weighted by atomic mass is 9.94. The van der Waals surface area contributed by atoms with E-state index in [9.17, 15) is 9.59 Å². The molecule has 1 atom stereocenters. The molecule has 4 rings (SSSR count). The molecule has 1 saturated carbocycles. The molecular weight excluding hydrogens is 536 g/mol. The molecule has 0 saturated heterocycles. The van der Waals surface area contributed by atoms with Crippen LogP contribution in [0.4, 0.5) is 0 Å². The zero-order chi connectivity index (χ0) is 25.3. The Labute approximate surface area is 227 Å². The number of hydrogen-bond donors (Lipinski definition) is 1. The number of hydrogen-bond acceptors (Lipinski definition) is 2. The minimum Gasteiger partial charge on any atom is -0.352 e. The van der Waals surface area contributed by atoms with Crippen LogP contribution < -0.4 is 5.32 Å². The lowest BCUT2D eigenvalue weighted by Gasteiger charge is -2.33. The number of carbonyl (C=O) groups excluding carboxylic acids is 2. The molecule has 1 aliphatic carbocycles. The monoisotopic (exact) mass is 566 g/mol. The van der Waals surface area contributed by atoms with Crippen molar-refractivity contribution in [2.24, 2.45) is 0 Å². The van der Waals surface area contributed by atoms with Crippen LogP contribution in [0.3, 0.4) is 0 Å². The third kappa shape index (κ3) is 7.68. The summed E-state index contributed by atoms with van der Waals surface area (Å²) in [6, 6.07) is 24.7. The molecule has 1 N–H and O–H groups in total. The van der Waals surface area contributed by atoms with Crippen LogP contribution in [0.25, 0.3) is 0 Å². The fourth-order valence-corrected chi connectivity index (χ4v) is 5.29. The zero-order valence-electron chi connectivity index (χ0n) is 20.3. The van der Waals surface area contributed by atoms with Crippen molar-refractivity contribution >= 4 is 39.3 Å². The second-order valence-corrected chi connectivity index (χ2v) is 10.9. The normalized spacial score (nSPS) is 14.7. The van der Waals surface area contributed by atoms with Crippen molar-refractivity contribution in [3.8, 4) is 0 Å². The van der Waals surface area contributed by atoms with Crippen LogP contribution in [0.15, 0.2) is 83.3 Å². The maximum atomic E-state index is 13.8. The van der Waals surface area contributed by atoms with Gasteiger partial charge in [0.15, 0.2) is 0 Å². The highest BCUT2D eigenvalue weighted by molar-refractivity contribution is 9.10. The van der Waals surface area contributed by atoms with E-state index in [2.05, 4.69) is 21.2 Å². The molecule has 0 bridgehead atoms. The first-order valence-electron chi connectivity index (χ1n) is 12.6. The smallest absolute Gasteiger partial charge is 0.243 e. The van der Waals surface area contributed by atoms with Crippen molar-refractivity contribution in [2.75, 3.05) is 0 Å². The Balaban J connectivity index is 1.65. The van der Waals surface area contributed by atoms with E-state index >= 15 is 0 Å². The van der Waals surface area contributed by atoms with Crippen LogP contribution in [0.1, 0.15) is 48.8 Å². The van der Waals surface area contributed by atoms with Gasteiger partial charge in [0, 0.05) is 28.5 Å². The molecule has 3 aromatic carbocycles. The predicted octanol–water partition coefficient (Wildman–Crippen LogP) is 6.73. The van der Waals surface area contributed by atoms with Gasteiger partial charge in [0.1, 0.15) is 6.04 Å². The molecule has 2 amide bonds. The zero-order valence-corrected chi connectivity index (χ0v) is 22.7. The van der Waals surface area contributed by atoms with E-state index in [1.165, 1.54) is 6.42 Å². The summed E-state index contributed by atoms with van der Waals surface area (Å²) in [6.45, 7) is 0.349. The van der Waals surface area contributed by atoms with E-state index in [-0.39, 0.29) is 24.3 Å². The van der Waals surface area contributed by atoms with Gasteiger partial charge in [0.25, 0.3) is 0 Å². The quantitative estimate of drug-likeness (QED) is 0.312. The Morgan fingerprint density at radius 3 is 2.28 bits per heavy atom. The van der Waals surface area contributed by atoms with E-state index in [1.54, 1.807) is 11.0 Å². The minimum absolute atomic E-state index is 0.0812. The standard InChI is InChI=1S/C30H32BrClN2O2/c31-25-16-14-23(15-17-25)21-34(29(35)20-24-10-7-11-26(32)18-24)28(19-22-8-3-1-4-9-22)30(36)33-27-12-5-2-6-13-27/h1,3-4,7-11,14-18,27-28H,2,5-6,12-13,19-21H2,(H,33,36)/t28-/m1/s1. The molecule has 0 spiro atoms. The van der Waals surface area contributed by atoms with Gasteiger partial charge in [-0.15, -0.1) is 0 Å². The molecule has 0 unspecified atom stereocenters. The molecule has 1 fully saturated rings. The second kappa shape index (κ2) is 13.1. The number of nitrogens with zero attached hydrogens (tertiary/aromatic N) is 1. The summed E-state index contributed by atoms with van der Waals surface area (Å²) in [5.74, 6) is -0.179. The van der Waals surface area contributed by atoms with Crippen LogP contribution in [0.5, 0.6) is 0 Å². The molecule has 3 aromatic rings. The van der Waals surface area contributed by atoms with Crippen LogP contribution in [-0.4, -0.2) is 28.8 Å². The topological polar surface area (TPSA) is 49.4 Å². The van der Waals surface area contributed by atoms with Crippen molar-refractivity contribution in [1.82, 2.24) is 10.2 Å². The molecule has 188 valence electrons. The summed E-state index contributed by atoms with van der Waals surface area (Å²) < 4.78 is 0.971. The van der Waals surface area contributed by atoms with Gasteiger partial charge in [-0.25, -0.2) is 0 Å². The molecule has 0 aliphatic heterocycles. The van der Waals surface area contributed by atoms with Crippen LogP contribution >= 0.6 is 27.5 Å². The van der Waals surface area contributed by atoms with E-state index in [0.29, 0.717) is 18.0 Å². The Hall–Kier alpha value is -2.63. The fourth-order valence-electron chi connectivity index (χ4n) is 4.81. The summed E-state index contributed by atoms with van der Waals surface area (Å²) in [5.41, 5.74) is 2.83. The lowest BCUT2D eigenvalue weighted by molar-refractivity contribution is -0.141. The summed E-state index contributed by atoms with van der Waals surface area (Å²) in [5, 5.41) is 3.87. The first-order valence-corrected chi connectivity index (χ1v) is 13.8. The van der Waals surface area contributed by atoms with E-state index in [4.69, 9.17) is 11.6 Å². The van der Waals surface area contributed by atoms with Crippen molar-refractivity contribution in [1.29, 1.82) is 0 Å². The van der Waals surface area contributed by atoms with Crippen LogP contribution in [0.2, 0.25) is 5.02 Å². The molecule has 36 heavy (non-hydrogen) atoms. The Bertz CT molecular complexity index is 1150. The van der Waals surface area contributed by atoms with Gasteiger partial charge < -0.3 is 10.2 Å². The van der Waals surface area contributed by atoms with Crippen molar-refractivity contribution in [3.05, 3.63) is 105 Å². The highest BCUT2D eigenvalue weighted by atomic mass is 79.9. The largest absolute Gasteiger partial charge is 0.352 e. The number of amides is 2. The highest BCUT2D eigenvalue weighted by Gasteiger charge is 2.32. The van der Waals surface area contributed by atoms with E-state index < -0.39 is 6.04 Å². The summed E-state index contributed by atoms with van der Waals surface area (Å²) in [7, 11) is 0. The van der Waals surface area contributed by atoms with Gasteiger partial charge in [0.05, 0.1) is 6.42 Å². The Morgan fingerprint density at radius 2 is 1.58 bits per heavy atom. The third-order valence-corrected chi connectivity index (χ3v) is 7.50. The van der Waals surface area contributed by atoms with E-state index in [1.807, 2.05) is 72.8 Å². The molecule has 0 aromatic heterocycles. The van der Waals surface area contributed by atoms with Gasteiger partial charge in [-0.1, -0.05) is 101 Å². The average Bonchev–Trinajstić information content (AvgIpc) is 2.88. The van der Waals surface area contributed by atoms with Crippen LogP contribution in [0, 0.1) is 0 Å². The summed E-state index contributed by atoms with van der Waals surface area (Å²) in [6.07, 6.45) is 6.10. The van der Waals surface area contributed by atoms with Crippen molar-refractivity contribution < 1.29 is 9.59 Å². The first-order chi connectivity index (χ1) is 17.5. The van der Waals surface area contributed by atoms with Gasteiger partial charge >= 0.3 is 0 Å². The molecule has 4 nitrogen and oxygen atoms in total. The van der Waals surface area contributed by atoms with Crippen molar-refractivity contribution in [3.63, 3.8) is 0 Å². The highest BCUT2D eigenvalue weighted by Crippen LogP contribution is 2.21. The second-order valence-electron chi connectivity index (χ2n) is 9.50. The Morgan fingerprint density at radius 1 is 0.889 bits per heavy atom. The van der Waals surface area contributed by atoms with Crippen molar-refractivity contribution in [2.45, 2.75) is 63.6 Å². The number of carbonyl (C=O) groups is 2. The maximum Gasteiger partial charge on any atom is 0.243 e. The minimum atomic E-state index is -0.621. The number of halogens is 2. The van der Waals surface area contributed by atoms with Gasteiger partial charge in [-0.2, -0.15) is 0 Å². The van der Waals surface area contributed by atoms with Gasteiger partial charge in [0.2, 0.25) is 11.8 Å². The number of nitrogens with one attached hydrogen (secondary N) is 1. The van der Waals surface area contributed by atoms with Gasteiger partial charge in [-0.3, -0.25) is 9.59 Å². The average molecular weight is 568 g/mol. The SMILES string of the molecule is O=C(NC1CCCCC1)[C@@H](Cc1ccccc1)N(Cc1ccc(Br)cc1)C(=O)Cc1cccc(Cl)c1. The maximum absolute atomic E-state index is 13.8. The first kappa shape index (κ1) is 26.4. The molecule has 0 radical (unpaired) electrons. The molecule has 6 heteroatoms. The van der Waals surface area contributed by atoms with Gasteiger partial charge in [-0.05, 0) is 53.8 Å². The van der Waals surface area contributed by atoms with E-state index in [0.717, 1.165) is 46.8 Å². The fraction of sp³-hybridized carbons (Fsp3) is 0.333. The molecule has 1 aliphatic rings. The predicted molar refractivity (Wildman–Crippen MR) is 149 cm³/mol. The molecular formula is C30H32BrClN2O2. The van der Waals surface area contributed by atoms with Crippen LogP contribution in [-0.2, 0) is 29.0 Å². The number of benzene rings is 3. The lowest BCUT2D eigenvalue weighted by Crippen LogP contribution is -2.53. The number of rotatable bonds is 9. The Kier molecular flexibility index (Phi) is 9.60. The third-order valence-electron chi connectivity index (χ3n) is 6.73. The summed E-state index contributed by atoms with van der Waals surface area (Å²) >= 11 is 9.67. The summed E-state index contributed by atoms with van der Waals surface area (Å²) in [4.78, 5) is 29.3.